The van der Waals surface area contributed by atoms with Crippen LogP contribution in [-0.2, 0) is 39.6 Å². The molecule has 0 amide bonds. The second-order valence-corrected chi connectivity index (χ2v) is 13.2. The maximum Gasteiger partial charge on any atom is 0.325 e. The highest BCUT2D eigenvalue weighted by atomic mass is 32.5. The fourth-order valence-electron chi connectivity index (χ4n) is 5.36. The summed E-state index contributed by atoms with van der Waals surface area (Å²) in [6, 6.07) is 0. The quantitative estimate of drug-likeness (QED) is 0.122. The number of halogens is 2. The van der Waals surface area contributed by atoms with E-state index in [0.29, 0.717) is 6.29 Å². The van der Waals surface area contributed by atoms with Crippen LogP contribution in [0.3, 0.4) is 0 Å². The lowest BCUT2D eigenvalue weighted by molar-refractivity contribution is -0.109. The summed E-state index contributed by atoms with van der Waals surface area (Å²) < 4.78 is 61.8. The molecule has 4 aromatic rings. The molecular weight excluding hydrogens is 664 g/mol. The number of aldehydes is 1. The zero-order chi connectivity index (χ0) is 32.0. The average molecular weight is 691 g/mol. The van der Waals surface area contributed by atoms with E-state index in [1.807, 2.05) is 9.47 Å². The number of hydrogen-bond donors (Lipinski definition) is 4. The van der Waals surface area contributed by atoms with Crippen LogP contribution in [0.25, 0.3) is 22.3 Å². The van der Waals surface area contributed by atoms with E-state index in [4.69, 9.17) is 46.3 Å². The van der Waals surface area contributed by atoms with Crippen molar-refractivity contribution in [2.45, 2.75) is 49.5 Å². The van der Waals surface area contributed by atoms with Gasteiger partial charge < -0.3 is 39.7 Å². The number of H-pyrrole nitrogens is 1. The van der Waals surface area contributed by atoms with Crippen LogP contribution in [0, 0.1) is 5.92 Å². The number of nitrogens with two attached hydrogens (primary N) is 2. The van der Waals surface area contributed by atoms with Gasteiger partial charge in [-0.3, -0.25) is 23.4 Å². The molecule has 18 nitrogen and oxygen atoms in total. The van der Waals surface area contributed by atoms with E-state index in [1.54, 1.807) is 0 Å². The highest BCUT2D eigenvalue weighted by Crippen LogP contribution is 2.51. The van der Waals surface area contributed by atoms with Crippen LogP contribution in [0.15, 0.2) is 23.8 Å². The van der Waals surface area contributed by atoms with E-state index in [9.17, 15) is 14.5 Å². The van der Waals surface area contributed by atoms with E-state index in [0.717, 1.165) is 10.9 Å². The minimum absolute atomic E-state index is 0.0543. The van der Waals surface area contributed by atoms with Crippen molar-refractivity contribution >= 4 is 68.4 Å². The summed E-state index contributed by atoms with van der Waals surface area (Å²) in [6.07, 6.45) is -6.20. The van der Waals surface area contributed by atoms with Gasteiger partial charge in [0.1, 0.15) is 48.8 Å². The Kier molecular flexibility index (Phi) is 8.90. The van der Waals surface area contributed by atoms with Crippen molar-refractivity contribution < 1.29 is 41.5 Å². The van der Waals surface area contributed by atoms with E-state index in [2.05, 4.69) is 29.9 Å². The van der Waals surface area contributed by atoms with Crippen molar-refractivity contribution in [3.63, 3.8) is 0 Å². The Morgan fingerprint density at radius 2 is 1.78 bits per heavy atom. The van der Waals surface area contributed by atoms with Crippen molar-refractivity contribution in [2.24, 2.45) is 5.92 Å². The molecule has 0 bridgehead atoms. The predicted molar refractivity (Wildman–Crippen MR) is 157 cm³/mol. The lowest BCUT2D eigenvalue weighted by Crippen LogP contribution is -2.34. The van der Waals surface area contributed by atoms with Crippen molar-refractivity contribution in [3.05, 3.63) is 29.3 Å². The summed E-state index contributed by atoms with van der Waals surface area (Å²) in [6.45, 7) is -5.11. The molecule has 0 aromatic carbocycles. The molecule has 10 atom stereocenters. The Hall–Kier alpha value is -3.13. The van der Waals surface area contributed by atoms with Gasteiger partial charge in [-0.25, -0.2) is 28.7 Å². The molecule has 4 aromatic heterocycles. The van der Waals surface area contributed by atoms with E-state index < -0.39 is 67.9 Å². The van der Waals surface area contributed by atoms with Gasteiger partial charge >= 0.3 is 6.72 Å². The summed E-state index contributed by atoms with van der Waals surface area (Å²) >= 11 is 5.14. The number of rotatable bonds is 11. The van der Waals surface area contributed by atoms with Crippen LogP contribution in [0.2, 0.25) is 0 Å². The molecule has 0 spiro atoms. The largest absolute Gasteiger partial charge is 0.382 e. The molecule has 0 saturated carbocycles. The lowest BCUT2D eigenvalue weighted by atomic mass is 9.98. The van der Waals surface area contributed by atoms with Crippen molar-refractivity contribution in [1.82, 2.24) is 39.0 Å². The third-order valence-electron chi connectivity index (χ3n) is 7.38. The van der Waals surface area contributed by atoms with Crippen LogP contribution in [0.1, 0.15) is 18.9 Å². The number of fused-ring (bicyclic) bond motifs is 2. The molecule has 45 heavy (non-hydrogen) atoms. The van der Waals surface area contributed by atoms with Crippen LogP contribution in [0.4, 0.5) is 20.5 Å². The summed E-state index contributed by atoms with van der Waals surface area (Å²) in [5, 5.41) is 0. The number of nitrogens with zero attached hydrogens (tertiary/aromatic N) is 7. The zero-order valence-electron chi connectivity index (χ0n) is 22.8. The Morgan fingerprint density at radius 1 is 1.07 bits per heavy atom. The maximum absolute atomic E-state index is 15.9. The number of nitrogens with one attached hydrogen (secondary N) is 1. The van der Waals surface area contributed by atoms with Gasteiger partial charge in [0.25, 0.3) is 5.56 Å². The normalized spacial score (nSPS) is 29.9. The number of carbonyl (C=O) groups is 1. The highest BCUT2D eigenvalue weighted by Gasteiger charge is 2.51. The zero-order valence-corrected chi connectivity index (χ0v) is 25.7. The SMILES string of the molecule is Nc1nc2c(ncn2[C@@H]2O[C@H](COP)[C@@H](OP(O)(=S)OC[C@H]3O[C@@H](n4cnc5c(N)ncnc54)[C@H](CC=O)[C@@H]3F)[C@H]2F)c(=O)[nH]1. The molecule has 242 valence electrons. The number of aromatic nitrogens is 8. The Morgan fingerprint density at radius 3 is 2.51 bits per heavy atom. The molecule has 6 N–H and O–H groups in total. The molecule has 2 aliphatic heterocycles. The number of nitrogen functional groups attached to an aromatic ring is 2. The second kappa shape index (κ2) is 12.6. The van der Waals surface area contributed by atoms with Gasteiger partial charge in [0.05, 0.1) is 25.9 Å². The minimum atomic E-state index is -4.28. The molecule has 6 heterocycles. The first-order chi connectivity index (χ1) is 21.5. The summed E-state index contributed by atoms with van der Waals surface area (Å²) in [5.74, 6) is -1.11. The predicted octanol–water partition coefficient (Wildman–Crippen LogP) is 0.225. The topological polar surface area (TPSA) is 243 Å². The lowest BCUT2D eigenvalue weighted by Gasteiger charge is -2.25. The molecule has 2 aliphatic rings. The Bertz CT molecular complexity index is 1830. The van der Waals surface area contributed by atoms with Gasteiger partial charge in [-0.1, -0.05) is 0 Å². The fourth-order valence-corrected chi connectivity index (χ4v) is 6.99. The highest BCUT2D eigenvalue weighted by molar-refractivity contribution is 8.07. The van der Waals surface area contributed by atoms with Crippen LogP contribution >= 0.6 is 16.2 Å². The maximum atomic E-state index is 15.9. The number of anilines is 2. The van der Waals surface area contributed by atoms with E-state index >= 15 is 8.78 Å². The van der Waals surface area contributed by atoms with Crippen molar-refractivity contribution in [3.8, 4) is 0 Å². The Balaban J connectivity index is 1.18. The molecule has 0 aliphatic carbocycles. The molecule has 0 radical (unpaired) electrons. The van der Waals surface area contributed by atoms with E-state index in [1.165, 1.54) is 17.2 Å². The van der Waals surface area contributed by atoms with Gasteiger partial charge in [-0.05, 0) is 11.8 Å². The van der Waals surface area contributed by atoms with Crippen LogP contribution in [-0.4, -0.2) is 94.1 Å². The van der Waals surface area contributed by atoms with Gasteiger partial charge in [0, 0.05) is 21.8 Å². The number of imidazole rings is 2. The third-order valence-corrected chi connectivity index (χ3v) is 9.14. The number of carbonyl (C=O) groups excluding carboxylic acids is 1. The molecule has 6 rings (SSSR count). The van der Waals surface area contributed by atoms with Gasteiger partial charge in [-0.15, -0.1) is 0 Å². The summed E-state index contributed by atoms with van der Waals surface area (Å²) in [7, 11) is 1.99. The number of ether oxygens (including phenoxy) is 2. The standard InChI is InChI=1S/C22H26F2N10O8P2S/c23-11-8(1-2-35)20(33-6-29-13-16(25)27-5-28-17(13)33)40-9(11)4-39-44(37,45)42-15-10(3-38-43)41-21(12(15)24)34-7-30-14-18(34)31-22(26)32-19(14)36/h2,5-12,15,20-21H,1,3-4,43H2,(H,37,45)(H2,25,27,28)(H3,26,31,32,36)/t8-,9-,10-,11+,12-,15-,20-,21-,44?/m1/s1. The first kappa shape index (κ1) is 31.8. The third kappa shape index (κ3) is 5.95. The number of aromatic amines is 1. The van der Waals surface area contributed by atoms with Crippen LogP contribution in [0.5, 0.6) is 0 Å². The molecule has 2 unspecified atom stereocenters. The smallest absolute Gasteiger partial charge is 0.325 e. The molecule has 2 saturated heterocycles. The molecule has 2 fully saturated rings. The van der Waals surface area contributed by atoms with Crippen molar-refractivity contribution in [1.29, 1.82) is 0 Å². The molecular formula is C22H26F2N10O8P2S. The van der Waals surface area contributed by atoms with Crippen LogP contribution < -0.4 is 17.0 Å². The Labute approximate surface area is 258 Å². The fraction of sp³-hybridized carbons (Fsp3) is 0.500. The first-order valence-electron chi connectivity index (χ1n) is 13.2. The van der Waals surface area contributed by atoms with Gasteiger partial charge in [-0.2, -0.15) is 4.98 Å². The van der Waals surface area contributed by atoms with Gasteiger partial charge in [0.15, 0.2) is 35.0 Å². The number of alkyl halides is 2. The average Bonchev–Trinajstić information content (AvgIpc) is 3.75. The number of hydrogen-bond acceptors (Lipinski definition) is 15. The van der Waals surface area contributed by atoms with E-state index in [-0.39, 0.29) is 47.1 Å². The second-order valence-electron chi connectivity index (χ2n) is 10.1. The van der Waals surface area contributed by atoms with Crippen molar-refractivity contribution in [2.75, 3.05) is 24.7 Å². The summed E-state index contributed by atoms with van der Waals surface area (Å²) in [5.41, 5.74) is 11.2. The van der Waals surface area contributed by atoms with Gasteiger partial charge in [0.2, 0.25) is 5.95 Å². The first-order valence-corrected chi connectivity index (χ1v) is 16.2. The monoisotopic (exact) mass is 690 g/mol. The minimum Gasteiger partial charge on any atom is -0.382 e. The summed E-state index contributed by atoms with van der Waals surface area (Å²) in [4.78, 5) is 56.9. The molecule has 23 heteroatoms.